The SMILES string of the molecule is O=C(CN1CCC(C(=O)N2CCCCCC2)CC1)Nc1ccc(Cl)cc1[N+](=O)[O-]. The third-order valence-corrected chi connectivity index (χ3v) is 5.89. The molecule has 2 heterocycles. The van der Waals surface area contributed by atoms with Crippen LogP contribution in [0.4, 0.5) is 11.4 Å². The average Bonchev–Trinajstić information content (AvgIpc) is 2.99. The number of carbonyl (C=O) groups excluding carboxylic acids is 2. The van der Waals surface area contributed by atoms with Crippen molar-refractivity contribution in [1.82, 2.24) is 9.80 Å². The lowest BCUT2D eigenvalue weighted by Gasteiger charge is -2.33. The van der Waals surface area contributed by atoms with E-state index in [1.165, 1.54) is 31.0 Å². The highest BCUT2D eigenvalue weighted by Gasteiger charge is 2.29. The third-order valence-electron chi connectivity index (χ3n) is 5.65. The summed E-state index contributed by atoms with van der Waals surface area (Å²) >= 11 is 5.80. The minimum atomic E-state index is -0.568. The maximum absolute atomic E-state index is 12.8. The second kappa shape index (κ2) is 10.0. The summed E-state index contributed by atoms with van der Waals surface area (Å²) in [5.41, 5.74) is -0.0942. The lowest BCUT2D eigenvalue weighted by molar-refractivity contribution is -0.383. The molecule has 3 rings (SSSR count). The zero-order valence-corrected chi connectivity index (χ0v) is 17.2. The Kier molecular flexibility index (Phi) is 7.44. The van der Waals surface area contributed by atoms with Crippen LogP contribution in [-0.4, -0.2) is 59.3 Å². The fraction of sp³-hybridized carbons (Fsp3) is 0.600. The number of nitro benzene ring substituents is 1. The number of likely N-dealkylation sites (tertiary alicyclic amines) is 2. The first kappa shape index (κ1) is 21.5. The van der Waals surface area contributed by atoms with E-state index in [0.717, 1.165) is 38.8 Å². The summed E-state index contributed by atoms with van der Waals surface area (Å²) in [5, 5.41) is 14.0. The van der Waals surface area contributed by atoms with Gasteiger partial charge in [-0.3, -0.25) is 24.6 Å². The second-order valence-corrected chi connectivity index (χ2v) is 8.19. The second-order valence-electron chi connectivity index (χ2n) is 7.76. The van der Waals surface area contributed by atoms with Crippen LogP contribution in [0.5, 0.6) is 0 Å². The van der Waals surface area contributed by atoms with Gasteiger partial charge in [-0.05, 0) is 50.9 Å². The Balaban J connectivity index is 1.49. The molecule has 2 aliphatic rings. The minimum absolute atomic E-state index is 0.0322. The zero-order chi connectivity index (χ0) is 20.8. The largest absolute Gasteiger partial charge is 0.342 e. The summed E-state index contributed by atoms with van der Waals surface area (Å²) in [6.07, 6.45) is 6.04. The molecule has 1 N–H and O–H groups in total. The fourth-order valence-corrected chi connectivity index (χ4v) is 4.21. The lowest BCUT2D eigenvalue weighted by atomic mass is 9.95. The highest BCUT2D eigenvalue weighted by atomic mass is 35.5. The number of benzene rings is 1. The monoisotopic (exact) mass is 422 g/mol. The highest BCUT2D eigenvalue weighted by Crippen LogP contribution is 2.28. The van der Waals surface area contributed by atoms with Gasteiger partial charge >= 0.3 is 0 Å². The number of anilines is 1. The van der Waals surface area contributed by atoms with E-state index in [1.807, 2.05) is 9.80 Å². The van der Waals surface area contributed by atoms with Gasteiger partial charge in [0, 0.05) is 30.1 Å². The van der Waals surface area contributed by atoms with Crippen molar-refractivity contribution in [3.63, 3.8) is 0 Å². The highest BCUT2D eigenvalue weighted by molar-refractivity contribution is 6.31. The summed E-state index contributed by atoms with van der Waals surface area (Å²) in [6, 6.07) is 4.16. The number of piperidine rings is 1. The Hall–Kier alpha value is -2.19. The van der Waals surface area contributed by atoms with E-state index in [2.05, 4.69) is 5.32 Å². The van der Waals surface area contributed by atoms with Crippen molar-refractivity contribution < 1.29 is 14.5 Å². The fourth-order valence-electron chi connectivity index (χ4n) is 4.04. The summed E-state index contributed by atoms with van der Waals surface area (Å²) < 4.78 is 0. The number of carbonyl (C=O) groups is 2. The maximum Gasteiger partial charge on any atom is 0.294 e. The summed E-state index contributed by atoms with van der Waals surface area (Å²) in [4.78, 5) is 39.7. The van der Waals surface area contributed by atoms with Crippen molar-refractivity contribution in [2.24, 2.45) is 5.92 Å². The van der Waals surface area contributed by atoms with Crippen LogP contribution >= 0.6 is 11.6 Å². The van der Waals surface area contributed by atoms with Gasteiger partial charge in [0.1, 0.15) is 5.69 Å². The summed E-state index contributed by atoms with van der Waals surface area (Å²) in [7, 11) is 0. The first-order valence-electron chi connectivity index (χ1n) is 10.2. The molecule has 158 valence electrons. The number of nitrogens with one attached hydrogen (secondary N) is 1. The molecule has 0 aliphatic carbocycles. The Morgan fingerprint density at radius 3 is 2.38 bits per heavy atom. The molecule has 0 spiro atoms. The molecule has 1 aromatic rings. The molecule has 2 aliphatic heterocycles. The molecule has 0 radical (unpaired) electrons. The molecule has 0 unspecified atom stereocenters. The minimum Gasteiger partial charge on any atom is -0.342 e. The Morgan fingerprint density at radius 2 is 1.76 bits per heavy atom. The molecule has 0 saturated carbocycles. The van der Waals surface area contributed by atoms with Crippen molar-refractivity contribution in [2.45, 2.75) is 38.5 Å². The number of rotatable bonds is 5. The first-order chi connectivity index (χ1) is 13.9. The molecule has 8 nitrogen and oxygen atoms in total. The van der Waals surface area contributed by atoms with Crippen LogP contribution in [0.2, 0.25) is 5.02 Å². The predicted octanol–water partition coefficient (Wildman–Crippen LogP) is 3.30. The van der Waals surface area contributed by atoms with Gasteiger partial charge in [0.2, 0.25) is 11.8 Å². The predicted molar refractivity (Wildman–Crippen MR) is 111 cm³/mol. The number of amides is 2. The number of hydrogen-bond donors (Lipinski definition) is 1. The van der Waals surface area contributed by atoms with Crippen molar-refractivity contribution in [3.05, 3.63) is 33.3 Å². The van der Waals surface area contributed by atoms with Gasteiger partial charge in [-0.2, -0.15) is 0 Å². The van der Waals surface area contributed by atoms with Crippen LogP contribution < -0.4 is 5.32 Å². The van der Waals surface area contributed by atoms with Crippen molar-refractivity contribution in [1.29, 1.82) is 0 Å². The smallest absolute Gasteiger partial charge is 0.294 e. The summed E-state index contributed by atoms with van der Waals surface area (Å²) in [5.74, 6) is -0.0229. The van der Waals surface area contributed by atoms with E-state index in [0.29, 0.717) is 13.1 Å². The van der Waals surface area contributed by atoms with Crippen LogP contribution in [0.25, 0.3) is 0 Å². The van der Waals surface area contributed by atoms with Crippen molar-refractivity contribution in [2.75, 3.05) is 38.0 Å². The standard InChI is InChI=1S/C20H27ClN4O4/c21-16-5-6-17(18(13-16)25(28)29)22-19(26)14-23-11-7-15(8-12-23)20(27)24-9-3-1-2-4-10-24/h5-6,13,15H,1-4,7-12,14H2,(H,22,26). The molecule has 2 amide bonds. The third kappa shape index (κ3) is 5.90. The van der Waals surface area contributed by atoms with E-state index >= 15 is 0 Å². The van der Waals surface area contributed by atoms with Gasteiger partial charge < -0.3 is 10.2 Å². The van der Waals surface area contributed by atoms with E-state index < -0.39 is 4.92 Å². The lowest BCUT2D eigenvalue weighted by Crippen LogP contribution is -2.44. The van der Waals surface area contributed by atoms with Crippen LogP contribution in [0, 0.1) is 16.0 Å². The van der Waals surface area contributed by atoms with Gasteiger partial charge in [0.05, 0.1) is 11.5 Å². The molecule has 2 saturated heterocycles. The average molecular weight is 423 g/mol. The zero-order valence-electron chi connectivity index (χ0n) is 16.4. The molecule has 0 bridgehead atoms. The van der Waals surface area contributed by atoms with Crippen molar-refractivity contribution in [3.8, 4) is 0 Å². The van der Waals surface area contributed by atoms with Gasteiger partial charge in [-0.1, -0.05) is 24.4 Å². The topological polar surface area (TPSA) is 95.8 Å². The van der Waals surface area contributed by atoms with Crippen LogP contribution in [0.1, 0.15) is 38.5 Å². The number of nitro groups is 1. The molecular formula is C20H27ClN4O4. The van der Waals surface area contributed by atoms with Gasteiger partial charge in [0.25, 0.3) is 5.69 Å². The van der Waals surface area contributed by atoms with E-state index in [1.54, 1.807) is 0 Å². The molecule has 9 heteroatoms. The normalized spacial score (nSPS) is 18.9. The molecule has 0 aromatic heterocycles. The number of halogens is 1. The van der Waals surface area contributed by atoms with E-state index in [9.17, 15) is 19.7 Å². The van der Waals surface area contributed by atoms with Gasteiger partial charge in [0.15, 0.2) is 0 Å². The quantitative estimate of drug-likeness (QED) is 0.580. The van der Waals surface area contributed by atoms with Crippen LogP contribution in [0.3, 0.4) is 0 Å². The first-order valence-corrected chi connectivity index (χ1v) is 10.6. The van der Waals surface area contributed by atoms with E-state index in [4.69, 9.17) is 11.6 Å². The van der Waals surface area contributed by atoms with Crippen molar-refractivity contribution >= 4 is 34.8 Å². The molecule has 0 atom stereocenters. The Labute approximate surface area is 175 Å². The number of nitrogens with zero attached hydrogens (tertiary/aromatic N) is 3. The molecule has 2 fully saturated rings. The van der Waals surface area contributed by atoms with Gasteiger partial charge in [-0.15, -0.1) is 0 Å². The Morgan fingerprint density at radius 1 is 1.10 bits per heavy atom. The maximum atomic E-state index is 12.8. The van der Waals surface area contributed by atoms with Gasteiger partial charge in [-0.25, -0.2) is 0 Å². The van der Waals surface area contributed by atoms with E-state index in [-0.39, 0.29) is 40.7 Å². The molecule has 1 aromatic carbocycles. The molecule has 29 heavy (non-hydrogen) atoms. The summed E-state index contributed by atoms with van der Waals surface area (Å²) in [6.45, 7) is 3.20. The van der Waals surface area contributed by atoms with Crippen LogP contribution in [0.15, 0.2) is 18.2 Å². The number of hydrogen-bond acceptors (Lipinski definition) is 5. The Bertz CT molecular complexity index is 757. The van der Waals surface area contributed by atoms with Crippen LogP contribution in [-0.2, 0) is 9.59 Å². The molecular weight excluding hydrogens is 396 g/mol.